The number of hydrogen-bond acceptors (Lipinski definition) is 4. The zero-order valence-corrected chi connectivity index (χ0v) is 17.9. The first-order valence-corrected chi connectivity index (χ1v) is 11.4. The number of ether oxygens (including phenoxy) is 2. The molecule has 0 saturated carbocycles. The van der Waals surface area contributed by atoms with E-state index in [0.717, 1.165) is 18.4 Å². The van der Waals surface area contributed by atoms with Crippen LogP contribution in [0.5, 0.6) is 0 Å². The van der Waals surface area contributed by atoms with Crippen molar-refractivity contribution in [1.82, 2.24) is 0 Å². The van der Waals surface area contributed by atoms with Gasteiger partial charge in [-0.3, -0.25) is 10.1 Å². The summed E-state index contributed by atoms with van der Waals surface area (Å²) in [6, 6.07) is 6.56. The Morgan fingerprint density at radius 3 is 2.24 bits per heavy atom. The van der Waals surface area contributed by atoms with Crippen LogP contribution >= 0.6 is 0 Å². The Kier molecular flexibility index (Phi) is 11.6. The van der Waals surface area contributed by atoms with Crippen molar-refractivity contribution in [3.05, 3.63) is 52.1 Å². The summed E-state index contributed by atoms with van der Waals surface area (Å²) in [6.45, 7) is 2.76. The van der Waals surface area contributed by atoms with Crippen molar-refractivity contribution in [2.45, 2.75) is 96.4 Å². The molecule has 1 aliphatic heterocycles. The number of hydrogen-bond donors (Lipinski definition) is 0. The van der Waals surface area contributed by atoms with E-state index in [2.05, 4.69) is 19.1 Å². The molecule has 0 bridgehead atoms. The predicted octanol–water partition coefficient (Wildman–Crippen LogP) is 7.27. The van der Waals surface area contributed by atoms with Crippen LogP contribution in [0.3, 0.4) is 0 Å². The molecule has 1 aromatic rings. The Morgan fingerprint density at radius 2 is 1.59 bits per heavy atom. The highest BCUT2D eigenvalue weighted by molar-refractivity contribution is 5.34. The number of unbranched alkanes of at least 4 members (excludes halogenated alkanes) is 9. The van der Waals surface area contributed by atoms with Crippen molar-refractivity contribution in [2.24, 2.45) is 0 Å². The second-order valence-corrected chi connectivity index (χ2v) is 7.90. The fourth-order valence-electron chi connectivity index (χ4n) is 3.61. The van der Waals surface area contributed by atoms with E-state index in [0.29, 0.717) is 6.61 Å². The van der Waals surface area contributed by atoms with Crippen LogP contribution in [0.4, 0.5) is 5.69 Å². The van der Waals surface area contributed by atoms with Gasteiger partial charge in [-0.15, -0.1) is 0 Å². The molecule has 5 nitrogen and oxygen atoms in total. The molecule has 5 heteroatoms. The molecule has 29 heavy (non-hydrogen) atoms. The molecule has 0 aromatic heterocycles. The van der Waals surface area contributed by atoms with Gasteiger partial charge in [-0.05, 0) is 49.8 Å². The third-order valence-electron chi connectivity index (χ3n) is 5.43. The van der Waals surface area contributed by atoms with E-state index < -0.39 is 0 Å². The summed E-state index contributed by atoms with van der Waals surface area (Å²) in [4.78, 5) is 10.4. The molecule has 1 aliphatic rings. The number of rotatable bonds is 15. The van der Waals surface area contributed by atoms with E-state index in [9.17, 15) is 10.1 Å². The highest BCUT2D eigenvalue weighted by atomic mass is 16.7. The minimum Gasteiger partial charge on any atom is -0.350 e. The van der Waals surface area contributed by atoms with Gasteiger partial charge in [-0.1, -0.05) is 64.0 Å². The van der Waals surface area contributed by atoms with Gasteiger partial charge < -0.3 is 9.47 Å². The smallest absolute Gasteiger partial charge is 0.269 e. The molecule has 1 fully saturated rings. The molecule has 1 heterocycles. The second kappa shape index (κ2) is 14.3. The predicted molar refractivity (Wildman–Crippen MR) is 117 cm³/mol. The molecule has 0 N–H and O–H groups in total. The van der Waals surface area contributed by atoms with Gasteiger partial charge in [0.15, 0.2) is 6.29 Å². The third kappa shape index (κ3) is 9.55. The Morgan fingerprint density at radius 1 is 0.966 bits per heavy atom. The summed E-state index contributed by atoms with van der Waals surface area (Å²) in [5.41, 5.74) is 1.05. The molecule has 1 saturated heterocycles. The first kappa shape index (κ1) is 23.6. The molecular weight excluding hydrogens is 366 g/mol. The minimum absolute atomic E-state index is 0.104. The monoisotopic (exact) mass is 403 g/mol. The molecule has 0 aliphatic carbocycles. The Labute approximate surface area is 175 Å². The number of nitrogens with zero attached hydrogens (tertiary/aromatic N) is 1. The summed E-state index contributed by atoms with van der Waals surface area (Å²) in [7, 11) is 0. The molecule has 2 unspecified atom stereocenters. The summed E-state index contributed by atoms with van der Waals surface area (Å²) in [6.07, 6.45) is 19.3. The van der Waals surface area contributed by atoms with E-state index in [-0.39, 0.29) is 23.0 Å². The lowest BCUT2D eigenvalue weighted by Gasteiger charge is -2.11. The summed E-state index contributed by atoms with van der Waals surface area (Å²) in [5, 5.41) is 10.7. The van der Waals surface area contributed by atoms with Crippen LogP contribution in [0.1, 0.15) is 95.6 Å². The molecule has 0 amide bonds. The average Bonchev–Trinajstić information content (AvgIpc) is 3.20. The van der Waals surface area contributed by atoms with Crippen LogP contribution in [0.25, 0.3) is 0 Å². The van der Waals surface area contributed by atoms with Gasteiger partial charge in [-0.2, -0.15) is 0 Å². The fourth-order valence-corrected chi connectivity index (χ4v) is 3.61. The lowest BCUT2D eigenvalue weighted by atomic mass is 10.1. The highest BCUT2D eigenvalue weighted by Gasteiger charge is 2.27. The van der Waals surface area contributed by atoms with Crippen molar-refractivity contribution >= 4 is 5.69 Å². The standard InChI is InChI=1S/C24H37NO4/c1-2-3-4-5-6-7-8-9-10-11-12-13-14-15-24-28-20-23(29-24)21-16-18-22(19-17-21)25(26)27/h5-6,16-19,23-24H,2-4,7-15,20H2,1H3. The average molecular weight is 404 g/mol. The van der Waals surface area contributed by atoms with Gasteiger partial charge in [0, 0.05) is 12.1 Å². The molecule has 1 aromatic carbocycles. The van der Waals surface area contributed by atoms with Crippen molar-refractivity contribution in [2.75, 3.05) is 6.61 Å². The van der Waals surface area contributed by atoms with Crippen molar-refractivity contribution in [1.29, 1.82) is 0 Å². The van der Waals surface area contributed by atoms with Crippen LogP contribution in [0.15, 0.2) is 36.4 Å². The first-order valence-electron chi connectivity index (χ1n) is 11.4. The SMILES string of the molecule is CCCCC=CCCCCCCCCCC1OCC(c2ccc([N+](=O)[O-])cc2)O1. The van der Waals surface area contributed by atoms with Gasteiger partial charge in [0.1, 0.15) is 6.10 Å². The van der Waals surface area contributed by atoms with Crippen molar-refractivity contribution in [3.63, 3.8) is 0 Å². The zero-order valence-electron chi connectivity index (χ0n) is 17.9. The van der Waals surface area contributed by atoms with Gasteiger partial charge in [-0.25, -0.2) is 0 Å². The van der Waals surface area contributed by atoms with Gasteiger partial charge in [0.05, 0.1) is 11.5 Å². The zero-order chi connectivity index (χ0) is 20.7. The summed E-state index contributed by atoms with van der Waals surface area (Å²) < 4.78 is 11.7. The number of nitro groups is 1. The first-order chi connectivity index (χ1) is 14.2. The lowest BCUT2D eigenvalue weighted by molar-refractivity contribution is -0.384. The molecule has 162 valence electrons. The maximum atomic E-state index is 10.7. The fraction of sp³-hybridized carbons (Fsp3) is 0.667. The van der Waals surface area contributed by atoms with E-state index in [1.54, 1.807) is 12.1 Å². The van der Waals surface area contributed by atoms with Crippen molar-refractivity contribution < 1.29 is 14.4 Å². The largest absolute Gasteiger partial charge is 0.350 e. The van der Waals surface area contributed by atoms with Gasteiger partial charge >= 0.3 is 0 Å². The third-order valence-corrected chi connectivity index (χ3v) is 5.43. The Hall–Kier alpha value is -1.72. The van der Waals surface area contributed by atoms with Crippen LogP contribution in [-0.2, 0) is 9.47 Å². The number of nitro benzene ring substituents is 1. The maximum Gasteiger partial charge on any atom is 0.269 e. The van der Waals surface area contributed by atoms with Crippen molar-refractivity contribution in [3.8, 4) is 0 Å². The summed E-state index contributed by atoms with van der Waals surface area (Å²) >= 11 is 0. The maximum absolute atomic E-state index is 10.7. The van der Waals surface area contributed by atoms with E-state index >= 15 is 0 Å². The highest BCUT2D eigenvalue weighted by Crippen LogP contribution is 2.29. The Balaban J connectivity index is 1.45. The van der Waals surface area contributed by atoms with Gasteiger partial charge in [0.2, 0.25) is 0 Å². The number of allylic oxidation sites excluding steroid dienone is 2. The Bertz CT molecular complexity index is 599. The number of non-ortho nitro benzene ring substituents is 1. The lowest BCUT2D eigenvalue weighted by Crippen LogP contribution is -2.07. The van der Waals surface area contributed by atoms with E-state index in [4.69, 9.17) is 9.47 Å². The van der Waals surface area contributed by atoms with Crippen LogP contribution < -0.4 is 0 Å². The molecule has 2 atom stereocenters. The second-order valence-electron chi connectivity index (χ2n) is 7.90. The molecule has 2 rings (SSSR count). The van der Waals surface area contributed by atoms with Gasteiger partial charge in [0.25, 0.3) is 5.69 Å². The van der Waals surface area contributed by atoms with E-state index in [1.807, 2.05) is 0 Å². The molecule has 0 spiro atoms. The molecule has 0 radical (unpaired) electrons. The summed E-state index contributed by atoms with van der Waals surface area (Å²) in [5.74, 6) is 0. The topological polar surface area (TPSA) is 61.6 Å². The van der Waals surface area contributed by atoms with Crippen LogP contribution in [-0.4, -0.2) is 17.8 Å². The normalized spacial score (nSPS) is 19.2. The van der Waals surface area contributed by atoms with Crippen LogP contribution in [0.2, 0.25) is 0 Å². The quantitative estimate of drug-likeness (QED) is 0.134. The minimum atomic E-state index is -0.385. The van der Waals surface area contributed by atoms with E-state index in [1.165, 1.54) is 76.3 Å². The number of benzene rings is 1. The van der Waals surface area contributed by atoms with Crippen LogP contribution in [0, 0.1) is 10.1 Å². The molecular formula is C24H37NO4.